The Balaban J connectivity index is 1.75. The van der Waals surface area contributed by atoms with Crippen molar-refractivity contribution in [1.82, 2.24) is 0 Å². The number of rotatable bonds is 8. The summed E-state index contributed by atoms with van der Waals surface area (Å²) in [7, 11) is 0. The van der Waals surface area contributed by atoms with Crippen LogP contribution in [0.15, 0.2) is 36.4 Å². The fourth-order valence-electron chi connectivity index (χ4n) is 2.89. The van der Waals surface area contributed by atoms with Crippen LogP contribution < -0.4 is 9.47 Å². The summed E-state index contributed by atoms with van der Waals surface area (Å²) in [5.74, 6) is 0.621. The first-order chi connectivity index (χ1) is 12.6. The molecule has 0 spiro atoms. The Bertz CT molecular complexity index is 597. The Morgan fingerprint density at radius 2 is 1.73 bits per heavy atom. The van der Waals surface area contributed by atoms with E-state index in [1.54, 1.807) is 25.1 Å². The quantitative estimate of drug-likeness (QED) is 0.297. The van der Waals surface area contributed by atoms with Crippen molar-refractivity contribution in [2.45, 2.75) is 58.5 Å². The Morgan fingerprint density at radius 3 is 2.35 bits per heavy atom. The third kappa shape index (κ3) is 6.54. The third-order valence-electron chi connectivity index (χ3n) is 4.40. The van der Waals surface area contributed by atoms with Gasteiger partial charge in [-0.3, -0.25) is 4.79 Å². The van der Waals surface area contributed by atoms with Gasteiger partial charge in [-0.15, -0.1) is 0 Å². The molecule has 1 fully saturated rings. The summed E-state index contributed by atoms with van der Waals surface area (Å²) in [5.41, 5.74) is 0. The first-order valence-electron chi connectivity index (χ1n) is 9.40. The molecule has 0 bridgehead atoms. The molecule has 5 heteroatoms. The molecule has 0 N–H and O–H groups in total. The average Bonchev–Trinajstić information content (AvgIpc) is 2.64. The van der Waals surface area contributed by atoms with Gasteiger partial charge in [0.1, 0.15) is 17.6 Å². The van der Waals surface area contributed by atoms with E-state index in [-0.39, 0.29) is 24.0 Å². The highest BCUT2D eigenvalue weighted by Gasteiger charge is 2.29. The van der Waals surface area contributed by atoms with Gasteiger partial charge in [-0.2, -0.15) is 0 Å². The topological polar surface area (TPSA) is 61.8 Å². The Morgan fingerprint density at radius 1 is 1.08 bits per heavy atom. The molecule has 2 rings (SSSR count). The molecule has 1 aromatic rings. The second-order valence-corrected chi connectivity index (χ2v) is 6.51. The molecule has 0 aliphatic heterocycles. The molecule has 1 aromatic carbocycles. The van der Waals surface area contributed by atoms with Gasteiger partial charge in [0.15, 0.2) is 0 Å². The van der Waals surface area contributed by atoms with Crippen LogP contribution in [0.1, 0.15) is 52.4 Å². The lowest BCUT2D eigenvalue weighted by molar-refractivity contribution is -0.147. The van der Waals surface area contributed by atoms with Crippen LogP contribution >= 0.6 is 0 Å². The van der Waals surface area contributed by atoms with Crippen molar-refractivity contribution in [3.63, 3.8) is 0 Å². The molecule has 0 amide bonds. The maximum absolute atomic E-state index is 12.3. The zero-order valence-electron chi connectivity index (χ0n) is 15.6. The van der Waals surface area contributed by atoms with Gasteiger partial charge in [0, 0.05) is 6.08 Å². The Labute approximate surface area is 155 Å². The van der Waals surface area contributed by atoms with Crippen LogP contribution in [0.25, 0.3) is 0 Å². The van der Waals surface area contributed by atoms with Crippen molar-refractivity contribution in [3.8, 4) is 11.5 Å². The maximum atomic E-state index is 12.3. The molecule has 0 heterocycles. The molecule has 1 aliphatic carbocycles. The lowest BCUT2D eigenvalue weighted by Gasteiger charge is -2.26. The number of hydrogen-bond acceptors (Lipinski definition) is 5. The highest BCUT2D eigenvalue weighted by atomic mass is 16.5. The van der Waals surface area contributed by atoms with E-state index >= 15 is 0 Å². The van der Waals surface area contributed by atoms with Crippen molar-refractivity contribution in [1.29, 1.82) is 0 Å². The van der Waals surface area contributed by atoms with E-state index in [1.807, 2.05) is 12.1 Å². The molecule has 26 heavy (non-hydrogen) atoms. The summed E-state index contributed by atoms with van der Waals surface area (Å²) in [6, 6.07) is 7.14. The lowest BCUT2D eigenvalue weighted by Crippen LogP contribution is -2.29. The number of carbonyl (C=O) groups is 2. The number of benzene rings is 1. The molecule has 142 valence electrons. The number of allylic oxidation sites excluding steroid dienone is 1. The number of esters is 2. The molecule has 5 nitrogen and oxygen atoms in total. The van der Waals surface area contributed by atoms with Gasteiger partial charge in [-0.1, -0.05) is 19.4 Å². The van der Waals surface area contributed by atoms with E-state index in [4.69, 9.17) is 14.2 Å². The Hall–Kier alpha value is -2.30. The van der Waals surface area contributed by atoms with Crippen molar-refractivity contribution >= 4 is 11.9 Å². The first kappa shape index (κ1) is 20.0. The summed E-state index contributed by atoms with van der Waals surface area (Å²) in [4.78, 5) is 23.8. The smallest absolute Gasteiger partial charge is 0.330 e. The van der Waals surface area contributed by atoms with Gasteiger partial charge < -0.3 is 14.2 Å². The van der Waals surface area contributed by atoms with E-state index in [0.29, 0.717) is 38.0 Å². The van der Waals surface area contributed by atoms with E-state index < -0.39 is 0 Å². The summed E-state index contributed by atoms with van der Waals surface area (Å²) in [6.45, 7) is 4.58. The predicted octanol–water partition coefficient (Wildman–Crippen LogP) is 4.45. The van der Waals surface area contributed by atoms with Gasteiger partial charge >= 0.3 is 11.9 Å². The predicted molar refractivity (Wildman–Crippen MR) is 99.1 cm³/mol. The SMILES string of the molecule is C/C=C/C(=O)O[C@H]1CC[C@H](C(=O)Oc2ccc(OCCCC)cc2)CC1. The van der Waals surface area contributed by atoms with Gasteiger partial charge in [-0.25, -0.2) is 4.79 Å². The van der Waals surface area contributed by atoms with Crippen molar-refractivity contribution in [3.05, 3.63) is 36.4 Å². The van der Waals surface area contributed by atoms with E-state index in [2.05, 4.69) is 6.92 Å². The van der Waals surface area contributed by atoms with Crippen LogP contribution in [-0.4, -0.2) is 24.6 Å². The summed E-state index contributed by atoms with van der Waals surface area (Å²) >= 11 is 0. The number of ether oxygens (including phenoxy) is 3. The summed E-state index contributed by atoms with van der Waals surface area (Å²) in [6.07, 6.45) is 7.79. The minimum Gasteiger partial charge on any atom is -0.494 e. The fraction of sp³-hybridized carbons (Fsp3) is 0.524. The molecule has 1 saturated carbocycles. The monoisotopic (exact) mass is 360 g/mol. The fourth-order valence-corrected chi connectivity index (χ4v) is 2.89. The molecule has 0 aromatic heterocycles. The Kier molecular flexibility index (Phi) is 8.19. The van der Waals surface area contributed by atoms with Crippen molar-refractivity contribution < 1.29 is 23.8 Å². The minimum atomic E-state index is -0.320. The molecule has 0 radical (unpaired) electrons. The number of unbranched alkanes of at least 4 members (excludes halogenated alkanes) is 1. The second kappa shape index (κ2) is 10.6. The first-order valence-corrected chi connectivity index (χ1v) is 9.40. The maximum Gasteiger partial charge on any atom is 0.330 e. The molecule has 0 atom stereocenters. The standard InChI is InChI=1S/C21H28O5/c1-3-5-15-24-17-11-13-19(14-12-17)26-21(23)16-7-9-18(10-8-16)25-20(22)6-4-2/h4,6,11-14,16,18H,3,5,7-10,15H2,1-2H3/b6-4+/t16-,18-. The van der Waals surface area contributed by atoms with Gasteiger partial charge in [0.05, 0.1) is 12.5 Å². The molecular weight excluding hydrogens is 332 g/mol. The van der Waals surface area contributed by atoms with Crippen LogP contribution in [0.2, 0.25) is 0 Å². The highest BCUT2D eigenvalue weighted by molar-refractivity contribution is 5.82. The molecular formula is C21H28O5. The number of hydrogen-bond donors (Lipinski definition) is 0. The molecule has 0 saturated heterocycles. The zero-order chi connectivity index (χ0) is 18.8. The van der Waals surface area contributed by atoms with Crippen LogP contribution in [0, 0.1) is 5.92 Å². The second-order valence-electron chi connectivity index (χ2n) is 6.51. The van der Waals surface area contributed by atoms with Crippen molar-refractivity contribution in [2.75, 3.05) is 6.61 Å². The van der Waals surface area contributed by atoms with Gasteiger partial charge in [0.2, 0.25) is 0 Å². The highest BCUT2D eigenvalue weighted by Crippen LogP contribution is 2.28. The van der Waals surface area contributed by atoms with E-state index in [1.165, 1.54) is 6.08 Å². The van der Waals surface area contributed by atoms with Gasteiger partial charge in [0.25, 0.3) is 0 Å². The van der Waals surface area contributed by atoms with Gasteiger partial charge in [-0.05, 0) is 63.3 Å². The van der Waals surface area contributed by atoms with Crippen molar-refractivity contribution in [2.24, 2.45) is 5.92 Å². The normalized spacial score (nSPS) is 19.9. The minimum absolute atomic E-state index is 0.109. The lowest BCUT2D eigenvalue weighted by atomic mass is 9.87. The van der Waals surface area contributed by atoms with Crippen LogP contribution in [-0.2, 0) is 14.3 Å². The van der Waals surface area contributed by atoms with Crippen LogP contribution in [0.3, 0.4) is 0 Å². The molecule has 1 aliphatic rings. The third-order valence-corrected chi connectivity index (χ3v) is 4.40. The largest absolute Gasteiger partial charge is 0.494 e. The van der Waals surface area contributed by atoms with Crippen LogP contribution in [0.5, 0.6) is 11.5 Å². The van der Waals surface area contributed by atoms with E-state index in [9.17, 15) is 9.59 Å². The average molecular weight is 360 g/mol. The summed E-state index contributed by atoms with van der Waals surface area (Å²) < 4.78 is 16.4. The number of carbonyl (C=O) groups excluding carboxylic acids is 2. The van der Waals surface area contributed by atoms with Crippen LogP contribution in [0.4, 0.5) is 0 Å². The zero-order valence-corrected chi connectivity index (χ0v) is 15.6. The van der Waals surface area contributed by atoms with E-state index in [0.717, 1.165) is 18.6 Å². The summed E-state index contributed by atoms with van der Waals surface area (Å²) in [5, 5.41) is 0. The molecule has 0 unspecified atom stereocenters.